The molecule has 0 aliphatic carbocycles. The minimum atomic E-state index is 0.248. The van der Waals surface area contributed by atoms with E-state index < -0.39 is 0 Å². The van der Waals surface area contributed by atoms with Crippen molar-refractivity contribution in [2.24, 2.45) is 0 Å². The molecule has 1 unspecified atom stereocenters. The van der Waals surface area contributed by atoms with Gasteiger partial charge in [-0.1, -0.05) is 6.07 Å². The predicted molar refractivity (Wildman–Crippen MR) is 119 cm³/mol. The van der Waals surface area contributed by atoms with E-state index >= 15 is 0 Å². The summed E-state index contributed by atoms with van der Waals surface area (Å²) in [5.74, 6) is 1.73. The predicted octanol–water partition coefficient (Wildman–Crippen LogP) is 3.25. The third kappa shape index (κ3) is 4.79. The van der Waals surface area contributed by atoms with Crippen molar-refractivity contribution < 1.29 is 14.3 Å². The van der Waals surface area contributed by atoms with E-state index in [0.29, 0.717) is 6.54 Å². The smallest absolute Gasteiger partial charge is 0.236 e. The average molecular weight is 430 g/mol. The molecule has 2 aliphatic rings. The second-order valence-corrected chi connectivity index (χ2v) is 8.81. The first-order valence-electron chi connectivity index (χ1n) is 10.6. The zero-order chi connectivity index (χ0) is 20.9. The molecule has 7 heteroatoms. The fourth-order valence-corrected chi connectivity index (χ4v) is 5.18. The van der Waals surface area contributed by atoms with Gasteiger partial charge in [0.25, 0.3) is 0 Å². The van der Waals surface area contributed by atoms with E-state index in [9.17, 15) is 4.79 Å². The molecular weight excluding hydrogens is 398 g/mol. The second-order valence-electron chi connectivity index (χ2n) is 8.03. The number of rotatable bonds is 7. The third-order valence-electron chi connectivity index (χ3n) is 6.21. The number of likely N-dealkylation sites (tertiary alicyclic amines) is 1. The van der Waals surface area contributed by atoms with Gasteiger partial charge in [-0.25, -0.2) is 0 Å². The van der Waals surface area contributed by atoms with Crippen molar-refractivity contribution >= 4 is 17.2 Å². The first-order valence-corrected chi connectivity index (χ1v) is 11.6. The summed E-state index contributed by atoms with van der Waals surface area (Å²) >= 11 is 1.74. The van der Waals surface area contributed by atoms with E-state index in [1.165, 1.54) is 11.1 Å². The largest absolute Gasteiger partial charge is 0.493 e. The molecule has 0 bridgehead atoms. The van der Waals surface area contributed by atoms with E-state index in [4.69, 9.17) is 9.47 Å². The van der Waals surface area contributed by atoms with Crippen LogP contribution in [0.15, 0.2) is 35.0 Å². The van der Waals surface area contributed by atoms with Crippen molar-refractivity contribution in [2.75, 3.05) is 53.5 Å². The third-order valence-corrected chi connectivity index (χ3v) is 6.94. The molecule has 4 rings (SSSR count). The van der Waals surface area contributed by atoms with Gasteiger partial charge in [0.05, 0.1) is 20.8 Å². The van der Waals surface area contributed by atoms with Gasteiger partial charge in [-0.3, -0.25) is 14.6 Å². The van der Waals surface area contributed by atoms with Crippen molar-refractivity contribution in [3.8, 4) is 11.5 Å². The number of hydrogen-bond donors (Lipinski definition) is 0. The van der Waals surface area contributed by atoms with Crippen LogP contribution in [-0.4, -0.2) is 74.1 Å². The van der Waals surface area contributed by atoms with E-state index in [-0.39, 0.29) is 11.9 Å². The number of nitrogens with zero attached hydrogens (tertiary/aromatic N) is 3. The lowest BCUT2D eigenvalue weighted by Crippen LogP contribution is -2.50. The molecule has 2 aromatic rings. The molecule has 2 saturated heterocycles. The Kier molecular flexibility index (Phi) is 6.92. The topological polar surface area (TPSA) is 45.2 Å². The normalized spacial score (nSPS) is 20.5. The van der Waals surface area contributed by atoms with Crippen LogP contribution in [0.4, 0.5) is 0 Å². The van der Waals surface area contributed by atoms with E-state index in [1.54, 1.807) is 25.6 Å². The van der Waals surface area contributed by atoms with Crippen LogP contribution in [0.25, 0.3) is 0 Å². The molecule has 0 N–H and O–H groups in total. The summed E-state index contributed by atoms with van der Waals surface area (Å²) in [6, 6.07) is 8.55. The highest BCUT2D eigenvalue weighted by Crippen LogP contribution is 2.36. The summed E-state index contributed by atoms with van der Waals surface area (Å²) in [5.41, 5.74) is 2.56. The molecule has 1 aromatic carbocycles. The molecule has 30 heavy (non-hydrogen) atoms. The molecule has 6 nitrogen and oxygen atoms in total. The lowest BCUT2D eigenvalue weighted by Gasteiger charge is -2.36. The quantitative estimate of drug-likeness (QED) is 0.676. The van der Waals surface area contributed by atoms with Gasteiger partial charge in [-0.2, -0.15) is 11.3 Å². The zero-order valence-corrected chi connectivity index (χ0v) is 18.7. The Morgan fingerprint density at radius 1 is 1.07 bits per heavy atom. The molecule has 3 heterocycles. The monoisotopic (exact) mass is 429 g/mol. The van der Waals surface area contributed by atoms with Gasteiger partial charge in [0.1, 0.15) is 0 Å². The summed E-state index contributed by atoms with van der Waals surface area (Å²) in [6.07, 6.45) is 2.18. The molecule has 0 spiro atoms. The Morgan fingerprint density at radius 2 is 1.87 bits per heavy atom. The molecule has 0 saturated carbocycles. The van der Waals surface area contributed by atoms with Crippen LogP contribution in [0.1, 0.15) is 30.0 Å². The number of piperazine rings is 1. The van der Waals surface area contributed by atoms with Crippen molar-refractivity contribution in [1.82, 2.24) is 14.7 Å². The SMILES string of the molecule is COc1ccc(C2CCCN2CC(=O)N2CCN(Cc3ccsc3)CC2)cc1OC. The Morgan fingerprint density at radius 3 is 2.57 bits per heavy atom. The summed E-state index contributed by atoms with van der Waals surface area (Å²) in [5, 5.41) is 4.33. The highest BCUT2D eigenvalue weighted by molar-refractivity contribution is 7.07. The highest BCUT2D eigenvalue weighted by Gasteiger charge is 2.30. The number of ether oxygens (including phenoxy) is 2. The van der Waals surface area contributed by atoms with Gasteiger partial charge in [-0.05, 0) is 59.5 Å². The molecule has 162 valence electrons. The Labute approximate surface area is 183 Å². The van der Waals surface area contributed by atoms with E-state index in [0.717, 1.165) is 63.6 Å². The van der Waals surface area contributed by atoms with Crippen LogP contribution in [0.3, 0.4) is 0 Å². The maximum Gasteiger partial charge on any atom is 0.236 e. The number of methoxy groups -OCH3 is 2. The maximum atomic E-state index is 13.0. The molecule has 2 aliphatic heterocycles. The molecule has 1 amide bonds. The van der Waals surface area contributed by atoms with Crippen LogP contribution in [0.5, 0.6) is 11.5 Å². The molecule has 0 radical (unpaired) electrons. The van der Waals surface area contributed by atoms with E-state index in [2.05, 4.69) is 38.8 Å². The highest BCUT2D eigenvalue weighted by atomic mass is 32.1. The van der Waals surface area contributed by atoms with Gasteiger partial charge in [0.15, 0.2) is 11.5 Å². The van der Waals surface area contributed by atoms with Crippen molar-refractivity contribution in [3.63, 3.8) is 0 Å². The number of hydrogen-bond acceptors (Lipinski definition) is 6. The van der Waals surface area contributed by atoms with Gasteiger partial charge in [-0.15, -0.1) is 0 Å². The van der Waals surface area contributed by atoms with Crippen LogP contribution >= 0.6 is 11.3 Å². The lowest BCUT2D eigenvalue weighted by molar-refractivity contribution is -0.134. The van der Waals surface area contributed by atoms with Crippen molar-refractivity contribution in [2.45, 2.75) is 25.4 Å². The molecule has 1 atom stereocenters. The fourth-order valence-electron chi connectivity index (χ4n) is 4.52. The van der Waals surface area contributed by atoms with Crippen LogP contribution in [0, 0.1) is 0 Å². The minimum Gasteiger partial charge on any atom is -0.493 e. The van der Waals surface area contributed by atoms with Crippen LogP contribution in [0.2, 0.25) is 0 Å². The first-order chi connectivity index (χ1) is 14.7. The standard InChI is InChI=1S/C23H31N3O3S/c1-28-21-6-5-19(14-22(21)29-2)20-4-3-8-26(20)16-23(27)25-11-9-24(10-12-25)15-18-7-13-30-17-18/h5-7,13-14,17,20H,3-4,8-12,15-16H2,1-2H3. The van der Waals surface area contributed by atoms with Crippen LogP contribution < -0.4 is 9.47 Å². The Bertz CT molecular complexity index is 834. The average Bonchev–Trinajstić information content (AvgIpc) is 3.46. The van der Waals surface area contributed by atoms with Crippen molar-refractivity contribution in [1.29, 1.82) is 0 Å². The van der Waals surface area contributed by atoms with Gasteiger partial charge in [0, 0.05) is 38.8 Å². The zero-order valence-electron chi connectivity index (χ0n) is 17.9. The Hall–Kier alpha value is -2.09. The lowest BCUT2D eigenvalue weighted by atomic mass is 10.0. The number of carbonyl (C=O) groups excluding carboxylic acids is 1. The number of thiophene rings is 1. The van der Waals surface area contributed by atoms with Gasteiger partial charge < -0.3 is 14.4 Å². The summed E-state index contributed by atoms with van der Waals surface area (Å²) in [6.45, 7) is 5.96. The first kappa shape index (κ1) is 21.2. The summed E-state index contributed by atoms with van der Waals surface area (Å²) in [4.78, 5) is 19.8. The maximum absolute atomic E-state index is 13.0. The summed E-state index contributed by atoms with van der Waals surface area (Å²) in [7, 11) is 3.31. The number of amides is 1. The van der Waals surface area contributed by atoms with Gasteiger partial charge >= 0.3 is 0 Å². The second kappa shape index (κ2) is 9.81. The molecule has 2 fully saturated rings. The Balaban J connectivity index is 1.33. The molecule has 1 aromatic heterocycles. The van der Waals surface area contributed by atoms with Crippen molar-refractivity contribution in [3.05, 3.63) is 46.2 Å². The molecular formula is C23H31N3O3S. The number of benzene rings is 1. The van der Waals surface area contributed by atoms with Gasteiger partial charge in [0.2, 0.25) is 5.91 Å². The number of carbonyl (C=O) groups is 1. The van der Waals surface area contributed by atoms with E-state index in [1.807, 2.05) is 11.0 Å². The minimum absolute atomic E-state index is 0.248. The fraction of sp³-hybridized carbons (Fsp3) is 0.522. The summed E-state index contributed by atoms with van der Waals surface area (Å²) < 4.78 is 10.8. The van der Waals surface area contributed by atoms with Crippen LogP contribution in [-0.2, 0) is 11.3 Å².